The summed E-state index contributed by atoms with van der Waals surface area (Å²) in [6, 6.07) is 0. The molecular formula is C47H83O10P. The van der Waals surface area contributed by atoms with Gasteiger partial charge in [0.2, 0.25) is 0 Å². The van der Waals surface area contributed by atoms with Gasteiger partial charge in [0.1, 0.15) is 23.7 Å². The van der Waals surface area contributed by atoms with Crippen molar-refractivity contribution in [3.05, 3.63) is 22.3 Å². The van der Waals surface area contributed by atoms with Crippen LogP contribution >= 0.6 is 7.82 Å². The van der Waals surface area contributed by atoms with Gasteiger partial charge in [0.15, 0.2) is 13.2 Å². The van der Waals surface area contributed by atoms with E-state index >= 15 is 0 Å². The van der Waals surface area contributed by atoms with Crippen molar-refractivity contribution in [1.82, 2.24) is 0 Å². The van der Waals surface area contributed by atoms with Crippen molar-refractivity contribution in [2.45, 2.75) is 185 Å². The maximum atomic E-state index is 13.7. The van der Waals surface area contributed by atoms with Gasteiger partial charge in [-0.3, -0.25) is 13.6 Å². The van der Waals surface area contributed by atoms with Gasteiger partial charge in [-0.1, -0.05) is 126 Å². The second-order valence-electron chi connectivity index (χ2n) is 17.8. The average Bonchev–Trinajstić information content (AvgIpc) is 3.18. The van der Waals surface area contributed by atoms with Crippen LogP contribution < -0.4 is 9.47 Å². The molecule has 11 heteroatoms. The molecule has 0 fully saturated rings. The van der Waals surface area contributed by atoms with Crippen LogP contribution in [0.25, 0.3) is 0 Å². The van der Waals surface area contributed by atoms with E-state index in [1.165, 1.54) is 44.9 Å². The number of hydrogen-bond donors (Lipinski definition) is 0. The third kappa shape index (κ3) is 18.6. The normalized spacial score (nSPS) is 16.7. The fourth-order valence-corrected chi connectivity index (χ4v) is 8.75. The van der Waals surface area contributed by atoms with E-state index in [2.05, 4.69) is 48.5 Å². The Hall–Kier alpha value is -2.13. The van der Waals surface area contributed by atoms with Crippen molar-refractivity contribution in [1.29, 1.82) is 0 Å². The highest BCUT2D eigenvalue weighted by molar-refractivity contribution is 7.48. The Balaban J connectivity index is 1.97. The first-order valence-corrected chi connectivity index (χ1v) is 24.2. The first-order chi connectivity index (χ1) is 27.5. The fraction of sp³-hybridized carbons (Fsp3) is 0.830. The molecule has 0 bridgehead atoms. The molecule has 0 unspecified atom stereocenters. The number of hydrogen-bond acceptors (Lipinski definition) is 10. The number of carbonyl (C=O) groups excluding carboxylic acids is 2. The lowest BCUT2D eigenvalue weighted by Crippen LogP contribution is -2.37. The number of phosphoric ester groups is 1. The smallest absolute Gasteiger partial charge is 0.476 e. The summed E-state index contributed by atoms with van der Waals surface area (Å²) >= 11 is 0. The lowest BCUT2D eigenvalue weighted by molar-refractivity contribution is -0.149. The molecule has 1 aromatic rings. The molecule has 1 aliphatic rings. The average molecular weight is 839 g/mol. The van der Waals surface area contributed by atoms with Crippen molar-refractivity contribution < 1.29 is 46.7 Å². The third-order valence-electron chi connectivity index (χ3n) is 12.4. The highest BCUT2D eigenvalue weighted by Crippen LogP contribution is 2.50. The molecule has 0 aromatic heterocycles. The molecule has 1 aromatic carbocycles. The Bertz CT molecular complexity index is 1370. The van der Waals surface area contributed by atoms with Crippen LogP contribution in [0.4, 0.5) is 0 Å². The van der Waals surface area contributed by atoms with Crippen molar-refractivity contribution >= 4 is 19.8 Å². The monoisotopic (exact) mass is 839 g/mol. The number of phosphoric acid groups is 1. The zero-order valence-corrected chi connectivity index (χ0v) is 39.7. The fourth-order valence-electron chi connectivity index (χ4n) is 7.70. The Morgan fingerprint density at radius 1 is 0.690 bits per heavy atom. The van der Waals surface area contributed by atoms with Crippen molar-refractivity contribution in [3.8, 4) is 11.5 Å². The van der Waals surface area contributed by atoms with Gasteiger partial charge in [-0.25, -0.2) is 14.2 Å². The first kappa shape index (κ1) is 52.0. The highest BCUT2D eigenvalue weighted by atomic mass is 31.2. The topological polar surface area (TPSA) is 116 Å². The molecule has 2 rings (SSSR count). The first-order valence-electron chi connectivity index (χ1n) is 22.8. The van der Waals surface area contributed by atoms with Crippen LogP contribution in [0.1, 0.15) is 174 Å². The maximum Gasteiger partial charge on any atom is 0.476 e. The maximum absolute atomic E-state index is 13.7. The second kappa shape index (κ2) is 26.9. The lowest BCUT2D eigenvalue weighted by atomic mass is 9.83. The van der Waals surface area contributed by atoms with Crippen LogP contribution in [0, 0.1) is 50.4 Å². The Labute approximate surface area is 353 Å². The van der Waals surface area contributed by atoms with E-state index in [1.807, 2.05) is 34.6 Å². The molecule has 58 heavy (non-hydrogen) atoms. The minimum Gasteiger partial charge on any atom is -0.491 e. The van der Waals surface area contributed by atoms with Crippen LogP contribution in [0.3, 0.4) is 0 Å². The third-order valence-corrected chi connectivity index (χ3v) is 13.8. The van der Waals surface area contributed by atoms with Gasteiger partial charge >= 0.3 is 19.8 Å². The summed E-state index contributed by atoms with van der Waals surface area (Å²) in [6.07, 6.45) is 16.7. The minimum absolute atomic E-state index is 0.0304. The van der Waals surface area contributed by atoms with Crippen molar-refractivity contribution in [2.75, 3.05) is 39.6 Å². The molecule has 0 radical (unpaired) electrons. The number of carbonyl (C=O) groups is 2. The number of fused-ring (bicyclic) bond motifs is 1. The van der Waals surface area contributed by atoms with E-state index in [9.17, 15) is 14.2 Å². The standard InChI is InChI=1S/C47H83O10P/c1-13-40(14-2)30-52-43(48)32-55-58(50,56-33-44(49)53-31-41(15-3)16-4)54-29-28-51-45-37(9)38(10)46-42(39(45)11)25-27-47(12,57-46)26-19-24-36(8)23-18-22-35(7)21-17-20-34(5)6/h34-36,40-41H,13-33H2,1-12H3/t35-,36-,47-/m1/s1. The van der Waals surface area contributed by atoms with E-state index in [1.54, 1.807) is 0 Å². The molecular weight excluding hydrogens is 755 g/mol. The second-order valence-corrected chi connectivity index (χ2v) is 19.5. The lowest BCUT2D eigenvalue weighted by Gasteiger charge is -2.38. The van der Waals surface area contributed by atoms with Crippen LogP contribution in [0.15, 0.2) is 0 Å². The molecule has 1 aliphatic heterocycles. The minimum atomic E-state index is -4.37. The van der Waals surface area contributed by atoms with E-state index in [0.717, 1.165) is 103 Å². The van der Waals surface area contributed by atoms with Crippen molar-refractivity contribution in [2.24, 2.45) is 29.6 Å². The molecule has 0 aliphatic carbocycles. The molecule has 0 spiro atoms. The van der Waals surface area contributed by atoms with Crippen molar-refractivity contribution in [3.63, 3.8) is 0 Å². The predicted octanol–water partition coefficient (Wildman–Crippen LogP) is 12.6. The summed E-state index contributed by atoms with van der Waals surface area (Å²) in [4.78, 5) is 24.9. The summed E-state index contributed by atoms with van der Waals surface area (Å²) in [6.45, 7) is 25.0. The molecule has 0 amide bonds. The SMILES string of the molecule is CCC(CC)COC(=O)COP(=O)(OCCOc1c(C)c(C)c2c(c1C)CC[C@@](C)(CCC[C@H](C)CCC[C@H](C)CCCC(C)C)O2)OCC(=O)OCC(CC)CC. The quantitative estimate of drug-likeness (QED) is 0.0406. The number of benzene rings is 1. The molecule has 0 saturated heterocycles. The zero-order valence-electron chi connectivity index (χ0n) is 38.8. The van der Waals surface area contributed by atoms with E-state index in [4.69, 9.17) is 32.5 Å². The van der Waals surface area contributed by atoms with Gasteiger partial charge in [-0.15, -0.1) is 0 Å². The predicted molar refractivity (Wildman–Crippen MR) is 234 cm³/mol. The van der Waals surface area contributed by atoms with Gasteiger partial charge in [0.05, 0.1) is 19.8 Å². The van der Waals surface area contributed by atoms with Gasteiger partial charge in [-0.2, -0.15) is 0 Å². The number of esters is 2. The van der Waals surface area contributed by atoms with E-state index in [0.29, 0.717) is 0 Å². The van der Waals surface area contributed by atoms with Crippen LogP contribution in [-0.2, 0) is 43.6 Å². The van der Waals surface area contributed by atoms with Crippen LogP contribution in [-0.4, -0.2) is 57.2 Å². The Morgan fingerprint density at radius 2 is 1.19 bits per heavy atom. The van der Waals surface area contributed by atoms with Crippen LogP contribution in [0.2, 0.25) is 0 Å². The Morgan fingerprint density at radius 3 is 1.69 bits per heavy atom. The van der Waals surface area contributed by atoms with Gasteiger partial charge in [0.25, 0.3) is 0 Å². The van der Waals surface area contributed by atoms with Crippen LogP contribution in [0.5, 0.6) is 11.5 Å². The van der Waals surface area contributed by atoms with Gasteiger partial charge < -0.3 is 18.9 Å². The number of rotatable bonds is 31. The zero-order chi connectivity index (χ0) is 43.3. The molecule has 10 nitrogen and oxygen atoms in total. The molecule has 3 atom stereocenters. The summed E-state index contributed by atoms with van der Waals surface area (Å²) in [5, 5.41) is 0. The largest absolute Gasteiger partial charge is 0.491 e. The summed E-state index contributed by atoms with van der Waals surface area (Å²) in [5.74, 6) is 3.11. The number of ether oxygens (including phenoxy) is 4. The Kier molecular flexibility index (Phi) is 24.2. The summed E-state index contributed by atoms with van der Waals surface area (Å²) < 4.78 is 53.7. The van der Waals surface area contributed by atoms with E-state index in [-0.39, 0.29) is 43.9 Å². The van der Waals surface area contributed by atoms with Gasteiger partial charge in [0, 0.05) is 5.56 Å². The summed E-state index contributed by atoms with van der Waals surface area (Å²) in [5.41, 5.74) is 3.99. The molecule has 1 heterocycles. The van der Waals surface area contributed by atoms with E-state index < -0.39 is 33.0 Å². The highest BCUT2D eigenvalue weighted by Gasteiger charge is 2.35. The molecule has 0 saturated carbocycles. The van der Waals surface area contributed by atoms with Gasteiger partial charge in [-0.05, 0) is 99.7 Å². The summed E-state index contributed by atoms with van der Waals surface area (Å²) in [7, 11) is -4.37. The molecule has 0 N–H and O–H groups in total. The molecule has 336 valence electrons.